The van der Waals surface area contributed by atoms with Gasteiger partial charge in [0.05, 0.1) is 6.54 Å². The first-order valence-corrected chi connectivity index (χ1v) is 11.6. The Bertz CT molecular complexity index is 1170. The Morgan fingerprint density at radius 3 is 2.58 bits per heavy atom. The second kappa shape index (κ2) is 10.8. The van der Waals surface area contributed by atoms with Crippen molar-refractivity contribution in [3.8, 4) is 11.4 Å². The highest BCUT2D eigenvalue weighted by atomic mass is 15.5. The molecule has 0 spiro atoms. The average Bonchev–Trinajstić information content (AvgIpc) is 3.48. The van der Waals surface area contributed by atoms with Crippen molar-refractivity contribution in [3.05, 3.63) is 82.9 Å². The van der Waals surface area contributed by atoms with Crippen LogP contribution in [0.1, 0.15) is 62.0 Å². The van der Waals surface area contributed by atoms with Crippen molar-refractivity contribution in [1.29, 1.82) is 0 Å². The minimum absolute atomic E-state index is 0.646. The number of hydrogen-bond acceptors (Lipinski definition) is 5. The van der Waals surface area contributed by atoms with Gasteiger partial charge in [0.1, 0.15) is 0 Å². The number of aromatic amines is 1. The van der Waals surface area contributed by atoms with Gasteiger partial charge in [0.2, 0.25) is 0 Å². The predicted molar refractivity (Wildman–Crippen MR) is 130 cm³/mol. The molecule has 0 atom stereocenters. The maximum absolute atomic E-state index is 4.79. The van der Waals surface area contributed by atoms with Gasteiger partial charge in [0, 0.05) is 12.0 Å². The molecular weight excluding hydrogens is 410 g/mol. The number of allylic oxidation sites excluding steroid dienone is 1. The van der Waals surface area contributed by atoms with Gasteiger partial charge in [-0.1, -0.05) is 69.3 Å². The number of H-pyrrole nitrogens is 1. The largest absolute Gasteiger partial charge is 0.242 e. The molecule has 2 heterocycles. The zero-order chi connectivity index (χ0) is 23.0. The van der Waals surface area contributed by atoms with Crippen LogP contribution in [0.4, 0.5) is 0 Å². The number of aromatic nitrogens is 7. The molecule has 0 unspecified atom stereocenters. The molecule has 0 aliphatic carbocycles. The average molecular weight is 442 g/mol. The number of hydrogen-bond donors (Lipinski definition) is 1. The lowest BCUT2D eigenvalue weighted by Gasteiger charge is -2.07. The molecule has 170 valence electrons. The Hall–Kier alpha value is -3.61. The summed E-state index contributed by atoms with van der Waals surface area (Å²) in [6.45, 7) is 7.32. The maximum atomic E-state index is 4.79. The number of nitrogens with one attached hydrogen (secondary N) is 1. The zero-order valence-corrected chi connectivity index (χ0v) is 19.6. The van der Waals surface area contributed by atoms with Crippen LogP contribution in [-0.2, 0) is 19.4 Å². The van der Waals surface area contributed by atoms with Gasteiger partial charge in [0.25, 0.3) is 0 Å². The Morgan fingerprint density at radius 2 is 1.85 bits per heavy atom. The Labute approximate surface area is 195 Å². The van der Waals surface area contributed by atoms with Crippen molar-refractivity contribution >= 4 is 6.08 Å². The fraction of sp³-hybridized carbons (Fsp3) is 0.346. The first-order chi connectivity index (χ1) is 16.1. The van der Waals surface area contributed by atoms with E-state index in [1.54, 1.807) is 0 Å². The predicted octanol–water partition coefficient (Wildman–Crippen LogP) is 5.11. The Kier molecular flexibility index (Phi) is 7.40. The van der Waals surface area contributed by atoms with Crippen LogP contribution in [0.5, 0.6) is 0 Å². The highest BCUT2D eigenvalue weighted by Crippen LogP contribution is 2.18. The molecule has 4 rings (SSSR count). The summed E-state index contributed by atoms with van der Waals surface area (Å²) in [4.78, 5) is 4.77. The van der Waals surface area contributed by atoms with E-state index < -0.39 is 0 Å². The van der Waals surface area contributed by atoms with Crippen molar-refractivity contribution in [2.24, 2.45) is 5.92 Å². The monoisotopic (exact) mass is 441 g/mol. The molecule has 0 bridgehead atoms. The van der Waals surface area contributed by atoms with E-state index in [0.29, 0.717) is 18.3 Å². The smallest absolute Gasteiger partial charge is 0.179 e. The molecule has 2 aromatic carbocycles. The number of tetrazole rings is 1. The van der Waals surface area contributed by atoms with E-state index in [1.807, 2.05) is 16.8 Å². The lowest BCUT2D eigenvalue weighted by Crippen LogP contribution is -2.05. The van der Waals surface area contributed by atoms with Gasteiger partial charge < -0.3 is 0 Å². The maximum Gasteiger partial charge on any atom is 0.179 e. The van der Waals surface area contributed by atoms with Crippen LogP contribution in [0.15, 0.2) is 54.6 Å². The Balaban J connectivity index is 1.45. The number of nitrogens with zero attached hydrogens (tertiary/aromatic N) is 6. The molecule has 0 fully saturated rings. The molecule has 0 aliphatic rings. The van der Waals surface area contributed by atoms with Crippen LogP contribution < -0.4 is 0 Å². The fourth-order valence-corrected chi connectivity index (χ4v) is 3.67. The van der Waals surface area contributed by atoms with Crippen molar-refractivity contribution in [2.75, 3.05) is 0 Å². The molecule has 0 amide bonds. The molecule has 1 N–H and O–H groups in total. The summed E-state index contributed by atoms with van der Waals surface area (Å²) in [6.07, 6.45) is 8.07. The summed E-state index contributed by atoms with van der Waals surface area (Å²) in [5.74, 6) is 3.18. The fourth-order valence-electron chi connectivity index (χ4n) is 3.67. The molecule has 0 saturated heterocycles. The van der Waals surface area contributed by atoms with E-state index in [2.05, 4.69) is 89.9 Å². The molecule has 33 heavy (non-hydrogen) atoms. The van der Waals surface area contributed by atoms with Crippen molar-refractivity contribution in [2.45, 2.75) is 53.0 Å². The summed E-state index contributed by atoms with van der Waals surface area (Å²) in [5.41, 5.74) is 4.68. The van der Waals surface area contributed by atoms with Crippen LogP contribution in [0.2, 0.25) is 0 Å². The zero-order valence-electron chi connectivity index (χ0n) is 19.6. The number of aryl methyl sites for hydroxylation is 1. The molecule has 0 aliphatic heterocycles. The molecule has 0 saturated carbocycles. The van der Waals surface area contributed by atoms with Crippen molar-refractivity contribution in [1.82, 2.24) is 35.4 Å². The van der Waals surface area contributed by atoms with E-state index in [0.717, 1.165) is 42.9 Å². The van der Waals surface area contributed by atoms with Gasteiger partial charge in [-0.25, -0.2) is 14.8 Å². The SMILES string of the molecule is CCC=Cc1nc(CCC(C)C)nn1Cc1ccc(Cc2cccc(-c3nnn[nH]3)c2)cc1. The molecule has 2 aromatic heterocycles. The minimum atomic E-state index is 0.646. The van der Waals surface area contributed by atoms with Crippen LogP contribution in [0.25, 0.3) is 17.5 Å². The van der Waals surface area contributed by atoms with Crippen LogP contribution >= 0.6 is 0 Å². The van der Waals surface area contributed by atoms with Gasteiger partial charge in [-0.2, -0.15) is 5.10 Å². The van der Waals surface area contributed by atoms with E-state index in [1.165, 1.54) is 16.7 Å². The third-order valence-electron chi connectivity index (χ3n) is 5.50. The summed E-state index contributed by atoms with van der Waals surface area (Å²) in [7, 11) is 0. The van der Waals surface area contributed by atoms with Gasteiger partial charge >= 0.3 is 0 Å². The van der Waals surface area contributed by atoms with Crippen molar-refractivity contribution < 1.29 is 0 Å². The van der Waals surface area contributed by atoms with E-state index in [4.69, 9.17) is 10.1 Å². The lowest BCUT2D eigenvalue weighted by molar-refractivity contribution is 0.569. The van der Waals surface area contributed by atoms with Gasteiger partial charge in [0.15, 0.2) is 17.5 Å². The molecule has 7 nitrogen and oxygen atoms in total. The molecule has 4 aromatic rings. The van der Waals surface area contributed by atoms with Crippen molar-refractivity contribution in [3.63, 3.8) is 0 Å². The normalized spacial score (nSPS) is 11.6. The van der Waals surface area contributed by atoms with E-state index in [9.17, 15) is 0 Å². The summed E-state index contributed by atoms with van der Waals surface area (Å²) in [5, 5.41) is 18.9. The third kappa shape index (κ3) is 6.22. The van der Waals surface area contributed by atoms with Gasteiger partial charge in [-0.3, -0.25) is 0 Å². The first kappa shape index (κ1) is 22.6. The highest BCUT2D eigenvalue weighted by molar-refractivity contribution is 5.55. The van der Waals surface area contributed by atoms with Crippen LogP contribution in [-0.4, -0.2) is 35.4 Å². The topological polar surface area (TPSA) is 85.2 Å². The highest BCUT2D eigenvalue weighted by Gasteiger charge is 2.10. The molecule has 0 radical (unpaired) electrons. The third-order valence-corrected chi connectivity index (χ3v) is 5.50. The quantitative estimate of drug-likeness (QED) is 0.370. The Morgan fingerprint density at radius 1 is 1.03 bits per heavy atom. The van der Waals surface area contributed by atoms with Gasteiger partial charge in [-0.15, -0.1) is 5.10 Å². The molecular formula is C26H31N7. The lowest BCUT2D eigenvalue weighted by atomic mass is 10.0. The minimum Gasteiger partial charge on any atom is -0.242 e. The van der Waals surface area contributed by atoms with E-state index in [-0.39, 0.29) is 0 Å². The van der Waals surface area contributed by atoms with Crippen LogP contribution in [0.3, 0.4) is 0 Å². The second-order valence-corrected chi connectivity index (χ2v) is 8.73. The molecule has 7 heteroatoms. The summed E-state index contributed by atoms with van der Waals surface area (Å²) < 4.78 is 2.02. The first-order valence-electron chi connectivity index (χ1n) is 11.6. The van der Waals surface area contributed by atoms with Gasteiger partial charge in [-0.05, 0) is 64.4 Å². The van der Waals surface area contributed by atoms with E-state index >= 15 is 0 Å². The number of benzene rings is 2. The van der Waals surface area contributed by atoms with Crippen LogP contribution in [0, 0.1) is 5.92 Å². The summed E-state index contributed by atoms with van der Waals surface area (Å²) in [6, 6.07) is 17.0. The second-order valence-electron chi connectivity index (χ2n) is 8.73. The standard InChI is InChI=1S/C26H31N7/c1-4-5-9-25-27-24(15-10-19(2)3)30-33(25)18-21-13-11-20(12-14-21)16-22-7-6-8-23(17-22)26-28-31-32-29-26/h5-9,11-14,17,19H,4,10,15-16,18H2,1-3H3,(H,28,29,31,32). The number of rotatable bonds is 10. The summed E-state index contributed by atoms with van der Waals surface area (Å²) >= 11 is 0.